The molecule has 0 aliphatic rings. The molecule has 0 unspecified atom stereocenters. The van der Waals surface area contributed by atoms with E-state index < -0.39 is 17.5 Å². The van der Waals surface area contributed by atoms with E-state index in [9.17, 15) is 13.6 Å². The fourth-order valence-electron chi connectivity index (χ4n) is 2.19. The van der Waals surface area contributed by atoms with E-state index in [0.29, 0.717) is 15.7 Å². The number of nitrogens with one attached hydrogen (secondary N) is 2. The minimum absolute atomic E-state index is 0.0579. The Morgan fingerprint density at radius 2 is 1.96 bits per heavy atom. The Bertz CT molecular complexity index is 942. The maximum atomic E-state index is 13.8. The van der Waals surface area contributed by atoms with Gasteiger partial charge in [-0.2, -0.15) is 0 Å². The largest absolute Gasteiger partial charge is 0.343 e. The molecule has 1 amide bonds. The number of halogens is 2. The van der Waals surface area contributed by atoms with Gasteiger partial charge in [0, 0.05) is 23.6 Å². The summed E-state index contributed by atoms with van der Waals surface area (Å²) in [6.07, 6.45) is 1.58. The SMILES string of the molecule is Cc1cc(NC(=O)c2nc(C)sc2Nc2cc(F)ccc2F)ccn1. The standard InChI is InChI=1S/C17H14F2N4OS/c1-9-7-12(5-6-20-9)22-16(24)15-17(25-10(2)21-15)23-14-8-11(18)3-4-13(14)19/h3-8,23H,1-2H3,(H,20,22,24). The summed E-state index contributed by atoms with van der Waals surface area (Å²) in [7, 11) is 0. The van der Waals surface area contributed by atoms with Crippen LogP contribution < -0.4 is 10.6 Å². The number of carbonyl (C=O) groups is 1. The molecule has 1 aromatic carbocycles. The van der Waals surface area contributed by atoms with E-state index in [1.54, 1.807) is 25.3 Å². The first-order valence-electron chi connectivity index (χ1n) is 7.36. The molecule has 25 heavy (non-hydrogen) atoms. The third-order valence-electron chi connectivity index (χ3n) is 3.28. The molecule has 2 aromatic heterocycles. The van der Waals surface area contributed by atoms with Gasteiger partial charge in [0.2, 0.25) is 0 Å². The molecule has 5 nitrogen and oxygen atoms in total. The average Bonchev–Trinajstić information content (AvgIpc) is 2.91. The molecule has 3 aromatic rings. The maximum absolute atomic E-state index is 13.8. The number of benzene rings is 1. The zero-order chi connectivity index (χ0) is 18.0. The summed E-state index contributed by atoms with van der Waals surface area (Å²) >= 11 is 1.18. The predicted molar refractivity (Wildman–Crippen MR) is 93.4 cm³/mol. The summed E-state index contributed by atoms with van der Waals surface area (Å²) in [6.45, 7) is 3.54. The van der Waals surface area contributed by atoms with Crippen LogP contribution in [-0.2, 0) is 0 Å². The zero-order valence-corrected chi connectivity index (χ0v) is 14.2. The Hall–Kier alpha value is -2.87. The normalized spacial score (nSPS) is 10.6. The first kappa shape index (κ1) is 17.0. The Kier molecular flexibility index (Phi) is 4.71. The van der Waals surface area contributed by atoms with Gasteiger partial charge < -0.3 is 10.6 Å². The number of pyridine rings is 1. The highest BCUT2D eigenvalue weighted by molar-refractivity contribution is 7.16. The smallest absolute Gasteiger partial charge is 0.277 e. The molecule has 0 saturated heterocycles. The molecule has 8 heteroatoms. The lowest BCUT2D eigenvalue weighted by atomic mass is 10.3. The van der Waals surface area contributed by atoms with E-state index in [-0.39, 0.29) is 11.4 Å². The second-order valence-electron chi connectivity index (χ2n) is 5.30. The van der Waals surface area contributed by atoms with Gasteiger partial charge in [-0.15, -0.1) is 11.3 Å². The molecule has 0 fully saturated rings. The Morgan fingerprint density at radius 3 is 2.72 bits per heavy atom. The van der Waals surface area contributed by atoms with Crippen LogP contribution in [0.15, 0.2) is 36.5 Å². The van der Waals surface area contributed by atoms with Crippen LogP contribution in [0.1, 0.15) is 21.2 Å². The summed E-state index contributed by atoms with van der Waals surface area (Å²) in [5, 5.41) is 6.43. The number of anilines is 3. The van der Waals surface area contributed by atoms with Crippen LogP contribution in [0.3, 0.4) is 0 Å². The highest BCUT2D eigenvalue weighted by Crippen LogP contribution is 2.30. The molecule has 2 N–H and O–H groups in total. The summed E-state index contributed by atoms with van der Waals surface area (Å²) in [5.74, 6) is -1.65. The summed E-state index contributed by atoms with van der Waals surface area (Å²) in [6, 6.07) is 6.45. The van der Waals surface area contributed by atoms with Crippen molar-refractivity contribution in [1.29, 1.82) is 0 Å². The quantitative estimate of drug-likeness (QED) is 0.722. The third kappa shape index (κ3) is 3.97. The summed E-state index contributed by atoms with van der Waals surface area (Å²) in [5.41, 5.74) is 1.39. The molecule has 0 spiro atoms. The minimum atomic E-state index is -0.622. The minimum Gasteiger partial charge on any atom is -0.343 e. The first-order valence-corrected chi connectivity index (χ1v) is 8.17. The van der Waals surface area contributed by atoms with Crippen LogP contribution in [0.25, 0.3) is 0 Å². The lowest BCUT2D eigenvalue weighted by Gasteiger charge is -2.08. The monoisotopic (exact) mass is 360 g/mol. The van der Waals surface area contributed by atoms with Crippen LogP contribution in [0, 0.1) is 25.5 Å². The van der Waals surface area contributed by atoms with Crippen molar-refractivity contribution in [3.05, 3.63) is 64.6 Å². The maximum Gasteiger partial charge on any atom is 0.277 e. The zero-order valence-electron chi connectivity index (χ0n) is 13.4. The molecule has 0 radical (unpaired) electrons. The third-order valence-corrected chi connectivity index (χ3v) is 4.17. The number of hydrogen-bond donors (Lipinski definition) is 2. The van der Waals surface area contributed by atoms with E-state index in [1.165, 1.54) is 11.3 Å². The molecule has 3 rings (SSSR count). The second-order valence-corrected chi connectivity index (χ2v) is 6.50. The van der Waals surface area contributed by atoms with Crippen molar-refractivity contribution in [3.8, 4) is 0 Å². The molecule has 0 bridgehead atoms. The van der Waals surface area contributed by atoms with Gasteiger partial charge in [-0.3, -0.25) is 9.78 Å². The molecule has 0 aliphatic carbocycles. The molecule has 0 saturated carbocycles. The van der Waals surface area contributed by atoms with Crippen molar-refractivity contribution in [2.24, 2.45) is 0 Å². The molecular weight excluding hydrogens is 346 g/mol. The van der Waals surface area contributed by atoms with E-state index in [4.69, 9.17) is 0 Å². The Morgan fingerprint density at radius 1 is 1.16 bits per heavy atom. The van der Waals surface area contributed by atoms with Gasteiger partial charge in [-0.25, -0.2) is 13.8 Å². The van der Waals surface area contributed by atoms with Crippen molar-refractivity contribution in [2.45, 2.75) is 13.8 Å². The predicted octanol–water partition coefficient (Wildman–Crippen LogP) is 4.43. The van der Waals surface area contributed by atoms with E-state index in [1.807, 2.05) is 6.92 Å². The van der Waals surface area contributed by atoms with Gasteiger partial charge in [0.15, 0.2) is 5.69 Å². The fraction of sp³-hybridized carbons (Fsp3) is 0.118. The fourth-order valence-corrected chi connectivity index (χ4v) is 3.02. The molecule has 2 heterocycles. The topological polar surface area (TPSA) is 66.9 Å². The summed E-state index contributed by atoms with van der Waals surface area (Å²) < 4.78 is 27.2. The van der Waals surface area contributed by atoms with Gasteiger partial charge in [-0.05, 0) is 38.1 Å². The van der Waals surface area contributed by atoms with E-state index in [2.05, 4.69) is 20.6 Å². The average molecular weight is 360 g/mol. The number of amides is 1. The van der Waals surface area contributed by atoms with E-state index in [0.717, 1.165) is 23.9 Å². The van der Waals surface area contributed by atoms with Crippen molar-refractivity contribution in [1.82, 2.24) is 9.97 Å². The van der Waals surface area contributed by atoms with Crippen molar-refractivity contribution < 1.29 is 13.6 Å². The molecule has 128 valence electrons. The number of aromatic nitrogens is 2. The van der Waals surface area contributed by atoms with Crippen LogP contribution in [0.5, 0.6) is 0 Å². The van der Waals surface area contributed by atoms with Gasteiger partial charge in [-0.1, -0.05) is 0 Å². The van der Waals surface area contributed by atoms with Crippen LogP contribution >= 0.6 is 11.3 Å². The molecular formula is C17H14F2N4OS. The number of hydrogen-bond acceptors (Lipinski definition) is 5. The number of rotatable bonds is 4. The second kappa shape index (κ2) is 6.94. The molecule has 0 atom stereocenters. The van der Waals surface area contributed by atoms with E-state index >= 15 is 0 Å². The first-order chi connectivity index (χ1) is 11.9. The van der Waals surface area contributed by atoms with Crippen molar-refractivity contribution in [2.75, 3.05) is 10.6 Å². The van der Waals surface area contributed by atoms with Gasteiger partial charge in [0.05, 0.1) is 10.7 Å². The number of carbonyl (C=O) groups excluding carboxylic acids is 1. The lowest BCUT2D eigenvalue weighted by molar-refractivity contribution is 0.102. The van der Waals surface area contributed by atoms with Crippen LogP contribution in [0.4, 0.5) is 25.2 Å². The van der Waals surface area contributed by atoms with Crippen LogP contribution in [-0.4, -0.2) is 15.9 Å². The summed E-state index contributed by atoms with van der Waals surface area (Å²) in [4.78, 5) is 20.8. The molecule has 0 aliphatic heterocycles. The van der Waals surface area contributed by atoms with Crippen molar-refractivity contribution >= 4 is 33.6 Å². The van der Waals surface area contributed by atoms with Crippen molar-refractivity contribution in [3.63, 3.8) is 0 Å². The highest BCUT2D eigenvalue weighted by atomic mass is 32.1. The Balaban J connectivity index is 1.87. The van der Waals surface area contributed by atoms with Gasteiger partial charge in [0.25, 0.3) is 5.91 Å². The Labute approximate surface area is 146 Å². The number of aryl methyl sites for hydroxylation is 2. The van der Waals surface area contributed by atoms with Gasteiger partial charge >= 0.3 is 0 Å². The highest BCUT2D eigenvalue weighted by Gasteiger charge is 2.19. The van der Waals surface area contributed by atoms with Gasteiger partial charge in [0.1, 0.15) is 16.6 Å². The number of nitrogens with zero attached hydrogens (tertiary/aromatic N) is 2. The van der Waals surface area contributed by atoms with Crippen LogP contribution in [0.2, 0.25) is 0 Å². The lowest BCUT2D eigenvalue weighted by Crippen LogP contribution is -2.14. The number of thiazole rings is 1.